The Morgan fingerprint density at radius 2 is 1.19 bits per heavy atom. The van der Waals surface area contributed by atoms with Crippen LogP contribution in [0.2, 0.25) is 0 Å². The number of nitrogens with one attached hydrogen (secondary N) is 1. The van der Waals surface area contributed by atoms with Gasteiger partial charge in [-0.3, -0.25) is 19.3 Å². The molecule has 2 aromatic carbocycles. The number of pyridine rings is 2. The molecule has 0 saturated carbocycles. The van der Waals surface area contributed by atoms with E-state index in [2.05, 4.69) is 34.0 Å². The van der Waals surface area contributed by atoms with E-state index in [4.69, 9.17) is 18.9 Å². The van der Waals surface area contributed by atoms with Gasteiger partial charge in [-0.1, -0.05) is 64.1 Å². The van der Waals surface area contributed by atoms with Crippen molar-refractivity contribution in [2.24, 2.45) is 0 Å². The Morgan fingerprint density at radius 3 is 1.63 bits per heavy atom. The number of aliphatic carboxylic acids is 2. The Bertz CT molecular complexity index is 2500. The lowest BCUT2D eigenvalue weighted by atomic mass is 9.89. The van der Waals surface area contributed by atoms with E-state index in [0.29, 0.717) is 50.3 Å². The van der Waals surface area contributed by atoms with Crippen LogP contribution in [0.1, 0.15) is 129 Å². The molecule has 0 spiro atoms. The molecular formula is C58H82N6O11. The van der Waals surface area contributed by atoms with Crippen molar-refractivity contribution in [3.05, 3.63) is 95.3 Å². The first-order chi connectivity index (χ1) is 35.4. The van der Waals surface area contributed by atoms with Crippen molar-refractivity contribution in [2.75, 3.05) is 60.0 Å². The van der Waals surface area contributed by atoms with E-state index >= 15 is 0 Å². The summed E-state index contributed by atoms with van der Waals surface area (Å²) >= 11 is 0. The molecule has 17 nitrogen and oxygen atoms in total. The zero-order chi connectivity index (χ0) is 55.5. The van der Waals surface area contributed by atoms with Crippen LogP contribution in [0.15, 0.2) is 73.1 Å². The third kappa shape index (κ3) is 20.2. The highest BCUT2D eigenvalue weighted by Crippen LogP contribution is 2.34. The standard InChI is InChI=1S/C29H41N3O5.C18H19NO4.C11H22N2O2/c1-20(2)23-10-7-11-24(25(23)18-27(33)34)21-12-13-30-26(17-21)36-16-15-31(6)22-9-8-14-32(19-22)28(35)37-29(3,4)5;1-12(2)14-4-3-5-15(16(14)11-18(21)22)13-6-7-19-17(10-13)23-9-8-20;1-11(2,3)15-10(14)13-7-5-6-9(8-13)12-4/h7,10-13,17,20,22H,8-9,14-16,18-19H2,1-6H3,(H,33,34);3-8,10,12H,9,11H2,1-2H3,(H,21,22);9,12H,5-8H2,1-4H3. The van der Waals surface area contributed by atoms with Gasteiger partial charge in [-0.25, -0.2) is 19.6 Å². The van der Waals surface area contributed by atoms with Crippen LogP contribution >= 0.6 is 0 Å². The molecule has 0 aliphatic carbocycles. The van der Waals surface area contributed by atoms with E-state index in [1.54, 1.807) is 34.3 Å². The van der Waals surface area contributed by atoms with E-state index in [0.717, 1.165) is 83.3 Å². The molecule has 2 aliphatic heterocycles. The molecule has 2 unspecified atom stereocenters. The summed E-state index contributed by atoms with van der Waals surface area (Å²) in [6.07, 6.45) is 7.54. The van der Waals surface area contributed by atoms with Crippen LogP contribution < -0.4 is 14.8 Å². The Hall–Kier alpha value is -6.59. The number of rotatable bonds is 17. The lowest BCUT2D eigenvalue weighted by molar-refractivity contribution is -0.137. The average Bonchev–Trinajstić information content (AvgIpc) is 3.35. The molecule has 2 amide bonds. The first-order valence-electron chi connectivity index (χ1n) is 26.0. The van der Waals surface area contributed by atoms with Crippen LogP contribution in [0, 0.1) is 0 Å². The summed E-state index contributed by atoms with van der Waals surface area (Å²) < 4.78 is 22.1. The van der Waals surface area contributed by atoms with Gasteiger partial charge >= 0.3 is 24.1 Å². The van der Waals surface area contributed by atoms with Crippen molar-refractivity contribution < 1.29 is 53.1 Å². The molecule has 2 saturated heterocycles. The van der Waals surface area contributed by atoms with Crippen LogP contribution in [0.25, 0.3) is 22.3 Å². The quantitative estimate of drug-likeness (QED) is 0.0841. The Labute approximate surface area is 444 Å². The lowest BCUT2D eigenvalue weighted by Crippen LogP contribution is -2.50. The second-order valence-corrected chi connectivity index (χ2v) is 21.5. The van der Waals surface area contributed by atoms with E-state index in [-0.39, 0.29) is 49.5 Å². The lowest BCUT2D eigenvalue weighted by Gasteiger charge is -2.38. The summed E-state index contributed by atoms with van der Waals surface area (Å²) in [6.45, 7) is 23.5. The average molecular weight is 1040 g/mol. The number of benzene rings is 2. The third-order valence-corrected chi connectivity index (χ3v) is 12.6. The molecule has 0 radical (unpaired) electrons. The van der Waals surface area contributed by atoms with Crippen molar-refractivity contribution in [3.63, 3.8) is 0 Å². The number of carboxylic acids is 2. The van der Waals surface area contributed by atoms with Crippen LogP contribution in [0.5, 0.6) is 11.8 Å². The number of aromatic nitrogens is 2. The minimum atomic E-state index is -0.870. The second kappa shape index (κ2) is 28.9. The first kappa shape index (κ1) is 61.0. The van der Waals surface area contributed by atoms with Gasteiger partial charge in [0.25, 0.3) is 0 Å². The largest absolute Gasteiger partial charge is 0.481 e. The van der Waals surface area contributed by atoms with Gasteiger partial charge in [0.05, 0.1) is 12.8 Å². The van der Waals surface area contributed by atoms with Gasteiger partial charge in [-0.2, -0.15) is 0 Å². The van der Waals surface area contributed by atoms with Crippen LogP contribution in [-0.2, 0) is 36.7 Å². The molecule has 75 heavy (non-hydrogen) atoms. The number of likely N-dealkylation sites (N-methyl/N-ethyl adjacent to an activating group) is 2. The molecule has 17 heteroatoms. The summed E-state index contributed by atoms with van der Waals surface area (Å²) in [5.74, 6) is -0.445. The van der Waals surface area contributed by atoms with E-state index < -0.39 is 23.1 Å². The summed E-state index contributed by atoms with van der Waals surface area (Å²) in [5, 5.41) is 21.9. The van der Waals surface area contributed by atoms with Crippen molar-refractivity contribution in [3.8, 4) is 34.0 Å². The maximum absolute atomic E-state index is 12.5. The van der Waals surface area contributed by atoms with E-state index in [1.165, 1.54) is 0 Å². The highest BCUT2D eigenvalue weighted by atomic mass is 16.6. The molecule has 2 atom stereocenters. The number of carbonyl (C=O) groups is 5. The maximum atomic E-state index is 12.5. The third-order valence-electron chi connectivity index (χ3n) is 12.6. The van der Waals surface area contributed by atoms with Gasteiger partial charge in [0.15, 0.2) is 6.29 Å². The summed E-state index contributed by atoms with van der Waals surface area (Å²) in [5.41, 5.74) is 6.21. The number of carbonyl (C=O) groups excluding carboxylic acids is 3. The molecule has 6 rings (SSSR count). The number of likely N-dealkylation sites (tertiary alicyclic amines) is 2. The van der Waals surface area contributed by atoms with Gasteiger partial charge in [0, 0.05) is 69.3 Å². The van der Waals surface area contributed by atoms with Gasteiger partial charge in [-0.05, 0) is 150 Å². The zero-order valence-corrected chi connectivity index (χ0v) is 46.3. The minimum absolute atomic E-state index is 0.0330. The highest BCUT2D eigenvalue weighted by molar-refractivity contribution is 5.79. The number of carboxylic acid groups (broad SMARTS) is 2. The Balaban J connectivity index is 0.000000271. The van der Waals surface area contributed by atoms with Crippen LogP contribution in [0.3, 0.4) is 0 Å². The predicted octanol–water partition coefficient (Wildman–Crippen LogP) is 9.89. The fourth-order valence-corrected chi connectivity index (χ4v) is 8.95. The normalized spacial score (nSPS) is 15.8. The molecule has 2 fully saturated rings. The number of hydrogen-bond acceptors (Lipinski definition) is 13. The number of aldehydes is 1. The molecule has 4 heterocycles. The van der Waals surface area contributed by atoms with Crippen LogP contribution in [-0.4, -0.2) is 149 Å². The van der Waals surface area contributed by atoms with Gasteiger partial charge in [-0.15, -0.1) is 0 Å². The molecule has 4 aromatic rings. The summed E-state index contributed by atoms with van der Waals surface area (Å²) in [4.78, 5) is 71.7. The van der Waals surface area contributed by atoms with Crippen molar-refractivity contribution in [1.82, 2.24) is 30.0 Å². The number of piperidine rings is 2. The van der Waals surface area contributed by atoms with E-state index in [9.17, 15) is 34.2 Å². The number of amides is 2. The molecule has 410 valence electrons. The second-order valence-electron chi connectivity index (χ2n) is 21.5. The van der Waals surface area contributed by atoms with Gasteiger partial charge in [0.1, 0.15) is 24.4 Å². The molecule has 3 N–H and O–H groups in total. The van der Waals surface area contributed by atoms with E-state index in [1.807, 2.05) is 118 Å². The molecular weight excluding hydrogens is 957 g/mol. The van der Waals surface area contributed by atoms with Crippen molar-refractivity contribution >= 4 is 30.4 Å². The smallest absolute Gasteiger partial charge is 0.410 e. The predicted molar refractivity (Wildman–Crippen MR) is 291 cm³/mol. The molecule has 0 bridgehead atoms. The van der Waals surface area contributed by atoms with Crippen molar-refractivity contribution in [1.29, 1.82) is 0 Å². The Morgan fingerprint density at radius 1 is 0.720 bits per heavy atom. The maximum Gasteiger partial charge on any atom is 0.410 e. The number of nitrogens with zero attached hydrogens (tertiary/aromatic N) is 5. The summed E-state index contributed by atoms with van der Waals surface area (Å²) in [7, 11) is 3.98. The Kier molecular flexibility index (Phi) is 23.5. The van der Waals surface area contributed by atoms with Gasteiger partial charge < -0.3 is 44.3 Å². The molecule has 2 aromatic heterocycles. The summed E-state index contributed by atoms with van der Waals surface area (Å²) in [6, 6.07) is 19.6. The minimum Gasteiger partial charge on any atom is -0.481 e. The zero-order valence-electron chi connectivity index (χ0n) is 46.3. The topological polar surface area (TPSA) is 210 Å². The van der Waals surface area contributed by atoms with Gasteiger partial charge in [0.2, 0.25) is 11.8 Å². The fraction of sp³-hybridized carbons (Fsp3) is 0.534. The SMILES string of the molecule is CC(C)c1cccc(-c2ccnc(OCC=O)c2)c1CC(=O)O.CC(C)c1cccc(-c2ccnc(OCCN(C)C3CCCN(C(=O)OC(C)(C)C)C3)c2)c1CC(=O)O.CNC1CCCN(C(=O)OC(C)(C)C)C1. The molecule has 2 aliphatic rings. The monoisotopic (exact) mass is 1040 g/mol. The van der Waals surface area contributed by atoms with Crippen molar-refractivity contribution in [2.45, 2.75) is 143 Å². The fourth-order valence-electron chi connectivity index (χ4n) is 8.95. The van der Waals surface area contributed by atoms with Crippen LogP contribution in [0.4, 0.5) is 9.59 Å². The first-order valence-corrected chi connectivity index (χ1v) is 26.0. The number of ether oxygens (including phenoxy) is 4. The number of hydrogen-bond donors (Lipinski definition) is 3. The highest BCUT2D eigenvalue weighted by Gasteiger charge is 2.30.